The number of nitrogens with zero attached hydrogens (tertiary/aromatic N) is 4. The summed E-state index contributed by atoms with van der Waals surface area (Å²) in [5, 5.41) is 10.0. The summed E-state index contributed by atoms with van der Waals surface area (Å²) in [6, 6.07) is 58.1. The molecule has 0 aliphatic rings. The molecule has 3 aromatic heterocycles. The van der Waals surface area contributed by atoms with Gasteiger partial charge in [-0.05, 0) is 57.3 Å². The van der Waals surface area contributed by atoms with E-state index in [2.05, 4.69) is 108 Å². The van der Waals surface area contributed by atoms with Crippen molar-refractivity contribution < 1.29 is 0 Å². The quantitative estimate of drug-likeness (QED) is 0.177. The van der Waals surface area contributed by atoms with Crippen LogP contribution in [-0.4, -0.2) is 19.1 Å². The molecule has 0 bridgehead atoms. The molecule has 0 N–H and O–H groups in total. The molecule has 0 saturated heterocycles. The standard InChI is InChI=1S/C47H28N4O/c52-46-43-36(41-33-19-9-7-13-29(33)23-27-39(41)50(46)32-17-5-2-6-18-32)25-26-37-42-34-20-10-8-14-30(34)24-28-40(42)51(45(37)43)47-48-38-22-12-11-21-35(38)44(49-47)31-15-3-1-4-16-31/h1-28H. The zero-order chi connectivity index (χ0) is 34.3. The minimum atomic E-state index is -0.0907. The summed E-state index contributed by atoms with van der Waals surface area (Å²) in [6.45, 7) is 0. The number of benzene rings is 8. The van der Waals surface area contributed by atoms with E-state index in [1.54, 1.807) is 0 Å². The van der Waals surface area contributed by atoms with E-state index in [1.165, 1.54) is 0 Å². The summed E-state index contributed by atoms with van der Waals surface area (Å²) < 4.78 is 4.01. The van der Waals surface area contributed by atoms with Gasteiger partial charge in [-0.2, -0.15) is 0 Å². The molecule has 8 aromatic carbocycles. The summed E-state index contributed by atoms with van der Waals surface area (Å²) in [6.07, 6.45) is 0. The largest absolute Gasteiger partial charge is 0.277 e. The number of rotatable bonds is 3. The molecule has 52 heavy (non-hydrogen) atoms. The number of aromatic nitrogens is 4. The van der Waals surface area contributed by atoms with Crippen molar-refractivity contribution in [1.29, 1.82) is 0 Å². The summed E-state index contributed by atoms with van der Waals surface area (Å²) in [4.78, 5) is 26.0. The highest BCUT2D eigenvalue weighted by Gasteiger charge is 2.24. The van der Waals surface area contributed by atoms with Crippen LogP contribution in [0, 0.1) is 0 Å². The number of pyridine rings is 1. The molecule has 0 aliphatic carbocycles. The predicted octanol–water partition coefficient (Wildman–Crippen LogP) is 11.2. The van der Waals surface area contributed by atoms with Crippen molar-refractivity contribution in [2.45, 2.75) is 0 Å². The van der Waals surface area contributed by atoms with Gasteiger partial charge in [0.2, 0.25) is 5.95 Å². The lowest BCUT2D eigenvalue weighted by molar-refractivity contribution is 1.01. The van der Waals surface area contributed by atoms with E-state index < -0.39 is 0 Å². The maximum atomic E-state index is 15.4. The van der Waals surface area contributed by atoms with Gasteiger partial charge in [0.15, 0.2) is 0 Å². The SMILES string of the molecule is O=c1c2c(ccc3c4c5ccccc5ccc4n(-c4nc(-c5ccccc5)c5ccccc5n4)c32)c2c3ccccc3ccc2n1-c1ccccc1. The number of fused-ring (bicyclic) bond motifs is 12. The molecule has 0 unspecified atom stereocenters. The van der Waals surface area contributed by atoms with Gasteiger partial charge in [-0.15, -0.1) is 0 Å². The molecule has 0 aliphatic heterocycles. The van der Waals surface area contributed by atoms with Crippen LogP contribution in [0.25, 0.3) is 98.8 Å². The van der Waals surface area contributed by atoms with Crippen LogP contribution in [0.15, 0.2) is 175 Å². The van der Waals surface area contributed by atoms with Crippen molar-refractivity contribution in [3.8, 4) is 22.9 Å². The van der Waals surface area contributed by atoms with Gasteiger partial charge in [0.1, 0.15) is 0 Å². The molecule has 5 nitrogen and oxygen atoms in total. The fourth-order valence-electron chi connectivity index (χ4n) is 8.27. The monoisotopic (exact) mass is 664 g/mol. The summed E-state index contributed by atoms with van der Waals surface area (Å²) >= 11 is 0. The van der Waals surface area contributed by atoms with Crippen LogP contribution in [0.5, 0.6) is 0 Å². The van der Waals surface area contributed by atoms with Crippen LogP contribution in [0.2, 0.25) is 0 Å². The second-order valence-corrected chi connectivity index (χ2v) is 13.3. The smallest absolute Gasteiger partial charge is 0.265 e. The van der Waals surface area contributed by atoms with Crippen LogP contribution in [-0.2, 0) is 0 Å². The third kappa shape index (κ3) is 4.02. The third-order valence-corrected chi connectivity index (χ3v) is 10.5. The average Bonchev–Trinajstić information content (AvgIpc) is 3.56. The molecule has 5 heteroatoms. The number of hydrogen-bond acceptors (Lipinski definition) is 3. The summed E-state index contributed by atoms with van der Waals surface area (Å²) in [5.41, 5.74) is 6.00. The Morgan fingerprint density at radius 1 is 0.404 bits per heavy atom. The van der Waals surface area contributed by atoms with Gasteiger partial charge < -0.3 is 0 Å². The Labute approximate surface area is 297 Å². The fraction of sp³-hybridized carbons (Fsp3) is 0. The highest BCUT2D eigenvalue weighted by Crippen LogP contribution is 2.42. The van der Waals surface area contributed by atoms with Gasteiger partial charge in [-0.25, -0.2) is 9.97 Å². The maximum absolute atomic E-state index is 15.4. The molecule has 0 amide bonds. The maximum Gasteiger partial charge on any atom is 0.265 e. The third-order valence-electron chi connectivity index (χ3n) is 10.5. The number of hydrogen-bond donors (Lipinski definition) is 0. The Kier molecular flexibility index (Phi) is 6.04. The molecule has 0 atom stereocenters. The minimum Gasteiger partial charge on any atom is -0.277 e. The Hall–Kier alpha value is -7.11. The topological polar surface area (TPSA) is 52.7 Å². The normalized spacial score (nSPS) is 11.9. The molecule has 11 rings (SSSR count). The molecule has 11 aromatic rings. The van der Waals surface area contributed by atoms with Crippen molar-refractivity contribution in [1.82, 2.24) is 19.1 Å². The molecule has 3 heterocycles. The molecule has 0 fully saturated rings. The molecular weight excluding hydrogens is 637 g/mol. The van der Waals surface area contributed by atoms with Crippen molar-refractivity contribution in [3.05, 3.63) is 180 Å². The molecular formula is C47H28N4O. The Morgan fingerprint density at radius 2 is 0.962 bits per heavy atom. The van der Waals surface area contributed by atoms with Crippen molar-refractivity contribution in [2.75, 3.05) is 0 Å². The second-order valence-electron chi connectivity index (χ2n) is 13.3. The first-order valence-electron chi connectivity index (χ1n) is 17.5. The van der Waals surface area contributed by atoms with Crippen molar-refractivity contribution in [3.63, 3.8) is 0 Å². The average molecular weight is 665 g/mol. The van der Waals surface area contributed by atoms with Gasteiger partial charge in [-0.3, -0.25) is 13.9 Å². The number of para-hydroxylation sites is 2. The highest BCUT2D eigenvalue weighted by atomic mass is 16.1. The van der Waals surface area contributed by atoms with Crippen LogP contribution < -0.4 is 5.56 Å². The Morgan fingerprint density at radius 3 is 1.67 bits per heavy atom. The minimum absolute atomic E-state index is 0.0907. The van der Waals surface area contributed by atoms with Crippen LogP contribution in [0.1, 0.15) is 0 Å². The first-order valence-corrected chi connectivity index (χ1v) is 17.5. The molecule has 0 saturated carbocycles. The van der Waals surface area contributed by atoms with Crippen LogP contribution >= 0.6 is 0 Å². The van der Waals surface area contributed by atoms with Crippen LogP contribution in [0.4, 0.5) is 0 Å². The van der Waals surface area contributed by atoms with E-state index in [4.69, 9.17) is 9.97 Å². The zero-order valence-electron chi connectivity index (χ0n) is 27.9. The Balaban J connectivity index is 1.41. The zero-order valence-corrected chi connectivity index (χ0v) is 27.9. The van der Waals surface area contributed by atoms with E-state index in [9.17, 15) is 0 Å². The predicted molar refractivity (Wildman–Crippen MR) is 215 cm³/mol. The Bertz CT molecular complexity index is 3310. The lowest BCUT2D eigenvalue weighted by Gasteiger charge is -2.17. The molecule has 0 spiro atoms. The molecule has 0 radical (unpaired) electrons. The second kappa shape index (κ2) is 10.9. The lowest BCUT2D eigenvalue weighted by atomic mass is 9.97. The highest BCUT2D eigenvalue weighted by molar-refractivity contribution is 6.30. The first-order chi connectivity index (χ1) is 25.7. The van der Waals surface area contributed by atoms with Crippen molar-refractivity contribution in [2.24, 2.45) is 0 Å². The van der Waals surface area contributed by atoms with E-state index >= 15 is 4.79 Å². The summed E-state index contributed by atoms with van der Waals surface area (Å²) in [7, 11) is 0. The molecule has 242 valence electrons. The van der Waals surface area contributed by atoms with Gasteiger partial charge in [0.05, 0.1) is 33.1 Å². The van der Waals surface area contributed by atoms with E-state index in [1.807, 2.05) is 71.3 Å². The summed E-state index contributed by atoms with van der Waals surface area (Å²) in [5.74, 6) is 0.518. The fourth-order valence-corrected chi connectivity index (χ4v) is 8.27. The van der Waals surface area contributed by atoms with Gasteiger partial charge in [0.25, 0.3) is 5.56 Å². The van der Waals surface area contributed by atoms with Crippen molar-refractivity contribution >= 4 is 75.9 Å². The van der Waals surface area contributed by atoms with Gasteiger partial charge in [-0.1, -0.05) is 140 Å². The van der Waals surface area contributed by atoms with Gasteiger partial charge in [0, 0.05) is 32.8 Å². The van der Waals surface area contributed by atoms with E-state index in [-0.39, 0.29) is 5.56 Å². The first kappa shape index (κ1) is 28.7. The lowest BCUT2D eigenvalue weighted by Crippen LogP contribution is -2.20. The van der Waals surface area contributed by atoms with E-state index in [0.717, 1.165) is 87.5 Å². The van der Waals surface area contributed by atoms with E-state index in [0.29, 0.717) is 11.3 Å². The van der Waals surface area contributed by atoms with Gasteiger partial charge >= 0.3 is 0 Å². The van der Waals surface area contributed by atoms with Crippen LogP contribution in [0.3, 0.4) is 0 Å².